The lowest BCUT2D eigenvalue weighted by Crippen LogP contribution is -2.46. The zero-order chi connectivity index (χ0) is 18.5. The lowest BCUT2D eigenvalue weighted by Gasteiger charge is -2.18. The number of nitrogens with zero attached hydrogens (tertiary/aromatic N) is 1. The van der Waals surface area contributed by atoms with Crippen molar-refractivity contribution >= 4 is 29.1 Å². The first-order chi connectivity index (χ1) is 11.0. The number of carboxylic acids is 1. The summed E-state index contributed by atoms with van der Waals surface area (Å²) in [6, 6.07) is -0.956. The van der Waals surface area contributed by atoms with Gasteiger partial charge in [0.1, 0.15) is 10.9 Å². The summed E-state index contributed by atoms with van der Waals surface area (Å²) in [5, 5.41) is 14.1. The third-order valence-corrected chi connectivity index (χ3v) is 4.06. The number of hydrogen-bond donors (Lipinski definition) is 3. The van der Waals surface area contributed by atoms with Crippen molar-refractivity contribution in [2.75, 3.05) is 6.54 Å². The van der Waals surface area contributed by atoms with Crippen molar-refractivity contribution in [2.45, 2.75) is 52.5 Å². The zero-order valence-electron chi connectivity index (χ0n) is 14.7. The van der Waals surface area contributed by atoms with Crippen LogP contribution in [0, 0.1) is 5.92 Å². The Morgan fingerprint density at radius 2 is 1.92 bits per heavy atom. The van der Waals surface area contributed by atoms with Gasteiger partial charge in [0.15, 0.2) is 0 Å². The van der Waals surface area contributed by atoms with E-state index in [1.54, 1.807) is 5.51 Å². The molecule has 1 aromatic rings. The fourth-order valence-electron chi connectivity index (χ4n) is 2.12. The van der Waals surface area contributed by atoms with Crippen LogP contribution in [0.4, 0.5) is 0 Å². The van der Waals surface area contributed by atoms with Gasteiger partial charge in [-0.15, -0.1) is 11.3 Å². The molecule has 134 valence electrons. The second-order valence-electron chi connectivity index (χ2n) is 7.05. The third kappa shape index (κ3) is 5.92. The summed E-state index contributed by atoms with van der Waals surface area (Å²) in [5.74, 6) is -1.86. The van der Waals surface area contributed by atoms with E-state index >= 15 is 0 Å². The van der Waals surface area contributed by atoms with Crippen LogP contribution in [0.3, 0.4) is 0 Å². The largest absolute Gasteiger partial charge is 0.480 e. The molecule has 0 aliphatic carbocycles. The first-order valence-electron chi connectivity index (χ1n) is 7.76. The fourth-order valence-corrected chi connectivity index (χ4v) is 3.03. The van der Waals surface area contributed by atoms with Crippen LogP contribution >= 0.6 is 11.3 Å². The van der Waals surface area contributed by atoms with Crippen LogP contribution in [0.15, 0.2) is 5.51 Å². The number of amides is 2. The van der Waals surface area contributed by atoms with E-state index in [-0.39, 0.29) is 23.8 Å². The van der Waals surface area contributed by atoms with Crippen LogP contribution in [0.5, 0.6) is 0 Å². The first kappa shape index (κ1) is 20.1. The number of carbonyl (C=O) groups is 3. The maximum atomic E-state index is 12.2. The standard InChI is InChI=1S/C16H25N3O4S/c1-9(2)6-10(15(22)23)19-11(20)7-17-14(21)12-13(16(3,4)5)18-8-24-12/h8-10H,6-7H2,1-5H3,(H,17,21)(H,19,20)(H,22,23)/t10-/m0/s1. The summed E-state index contributed by atoms with van der Waals surface area (Å²) >= 11 is 1.21. The van der Waals surface area contributed by atoms with E-state index in [0.29, 0.717) is 17.0 Å². The predicted octanol–water partition coefficient (Wildman–Crippen LogP) is 1.79. The van der Waals surface area contributed by atoms with E-state index in [1.165, 1.54) is 11.3 Å². The molecule has 0 aliphatic heterocycles. The van der Waals surface area contributed by atoms with Crippen LogP contribution in [-0.4, -0.2) is 40.5 Å². The molecule has 0 saturated carbocycles. The highest BCUT2D eigenvalue weighted by molar-refractivity contribution is 7.11. The van der Waals surface area contributed by atoms with Gasteiger partial charge in [-0.1, -0.05) is 34.6 Å². The van der Waals surface area contributed by atoms with Crippen molar-refractivity contribution < 1.29 is 19.5 Å². The van der Waals surface area contributed by atoms with Gasteiger partial charge in [-0.2, -0.15) is 0 Å². The van der Waals surface area contributed by atoms with Crippen molar-refractivity contribution in [1.29, 1.82) is 0 Å². The summed E-state index contributed by atoms with van der Waals surface area (Å²) < 4.78 is 0. The molecule has 0 unspecified atom stereocenters. The first-order valence-corrected chi connectivity index (χ1v) is 8.64. The SMILES string of the molecule is CC(C)C[C@H](NC(=O)CNC(=O)c1scnc1C(C)(C)C)C(=O)O. The Morgan fingerprint density at radius 1 is 1.29 bits per heavy atom. The molecule has 1 heterocycles. The van der Waals surface area contributed by atoms with Gasteiger partial charge in [-0.3, -0.25) is 9.59 Å². The smallest absolute Gasteiger partial charge is 0.326 e. The number of thiazole rings is 1. The van der Waals surface area contributed by atoms with Gasteiger partial charge in [0, 0.05) is 5.41 Å². The maximum absolute atomic E-state index is 12.2. The summed E-state index contributed by atoms with van der Waals surface area (Å²) in [7, 11) is 0. The van der Waals surface area contributed by atoms with E-state index in [2.05, 4.69) is 15.6 Å². The van der Waals surface area contributed by atoms with Crippen LogP contribution in [0.2, 0.25) is 0 Å². The molecule has 2 amide bonds. The summed E-state index contributed by atoms with van der Waals surface area (Å²) in [6.07, 6.45) is 0.331. The number of carbonyl (C=O) groups excluding carboxylic acids is 2. The highest BCUT2D eigenvalue weighted by atomic mass is 32.1. The molecular weight excluding hydrogens is 330 g/mol. The lowest BCUT2D eigenvalue weighted by molar-refractivity contribution is -0.142. The average Bonchev–Trinajstić information content (AvgIpc) is 2.93. The van der Waals surface area contributed by atoms with Gasteiger partial charge < -0.3 is 15.7 Å². The van der Waals surface area contributed by atoms with Gasteiger partial charge in [0.2, 0.25) is 5.91 Å². The van der Waals surface area contributed by atoms with Crippen molar-refractivity contribution in [2.24, 2.45) is 5.92 Å². The summed E-state index contributed by atoms with van der Waals surface area (Å²) in [5.41, 5.74) is 1.99. The molecule has 0 bridgehead atoms. The highest BCUT2D eigenvalue weighted by Crippen LogP contribution is 2.26. The summed E-state index contributed by atoms with van der Waals surface area (Å²) in [6.45, 7) is 9.34. The molecular formula is C16H25N3O4S. The van der Waals surface area contributed by atoms with E-state index in [1.807, 2.05) is 34.6 Å². The molecule has 1 rings (SSSR count). The Bertz CT molecular complexity index is 605. The molecule has 1 aromatic heterocycles. The maximum Gasteiger partial charge on any atom is 0.326 e. The molecule has 0 spiro atoms. The number of aliphatic carboxylic acids is 1. The second-order valence-corrected chi connectivity index (χ2v) is 7.91. The predicted molar refractivity (Wildman–Crippen MR) is 92.2 cm³/mol. The van der Waals surface area contributed by atoms with E-state index in [0.717, 1.165) is 0 Å². The molecule has 3 N–H and O–H groups in total. The normalized spacial score (nSPS) is 12.8. The van der Waals surface area contributed by atoms with Gasteiger partial charge >= 0.3 is 5.97 Å². The Hall–Kier alpha value is -1.96. The number of aromatic nitrogens is 1. The van der Waals surface area contributed by atoms with Crippen LogP contribution in [0.1, 0.15) is 56.4 Å². The number of carboxylic acid groups (broad SMARTS) is 1. The van der Waals surface area contributed by atoms with Crippen LogP contribution in [-0.2, 0) is 15.0 Å². The molecule has 0 aliphatic rings. The lowest BCUT2D eigenvalue weighted by atomic mass is 9.91. The minimum absolute atomic E-state index is 0.132. The monoisotopic (exact) mass is 355 g/mol. The third-order valence-electron chi connectivity index (χ3n) is 3.23. The average molecular weight is 355 g/mol. The van der Waals surface area contributed by atoms with Crippen molar-refractivity contribution in [3.05, 3.63) is 16.1 Å². The molecule has 0 aromatic carbocycles. The van der Waals surface area contributed by atoms with Crippen molar-refractivity contribution in [1.82, 2.24) is 15.6 Å². The molecule has 7 nitrogen and oxygen atoms in total. The molecule has 24 heavy (non-hydrogen) atoms. The van der Waals surface area contributed by atoms with Crippen LogP contribution in [0.25, 0.3) is 0 Å². The minimum atomic E-state index is -1.08. The van der Waals surface area contributed by atoms with Crippen LogP contribution < -0.4 is 10.6 Å². The highest BCUT2D eigenvalue weighted by Gasteiger charge is 2.26. The van der Waals surface area contributed by atoms with Gasteiger partial charge in [0.05, 0.1) is 17.7 Å². The molecule has 0 radical (unpaired) electrons. The fraction of sp³-hybridized carbons (Fsp3) is 0.625. The van der Waals surface area contributed by atoms with Gasteiger partial charge in [-0.25, -0.2) is 9.78 Å². The van der Waals surface area contributed by atoms with Crippen molar-refractivity contribution in [3.8, 4) is 0 Å². The Morgan fingerprint density at radius 3 is 2.42 bits per heavy atom. The quantitative estimate of drug-likeness (QED) is 0.691. The molecule has 8 heteroatoms. The molecule has 0 saturated heterocycles. The van der Waals surface area contributed by atoms with Crippen molar-refractivity contribution in [3.63, 3.8) is 0 Å². The number of nitrogens with one attached hydrogen (secondary N) is 2. The Balaban J connectivity index is 2.63. The molecule has 0 fully saturated rings. The number of hydrogen-bond acceptors (Lipinski definition) is 5. The topological polar surface area (TPSA) is 108 Å². The minimum Gasteiger partial charge on any atom is -0.480 e. The summed E-state index contributed by atoms with van der Waals surface area (Å²) in [4.78, 5) is 40.0. The zero-order valence-corrected chi connectivity index (χ0v) is 15.5. The van der Waals surface area contributed by atoms with E-state index in [9.17, 15) is 14.4 Å². The second kappa shape index (κ2) is 8.23. The van der Waals surface area contributed by atoms with Gasteiger partial charge in [0.25, 0.3) is 5.91 Å². The Kier molecular flexibility index (Phi) is 6.89. The Labute approximate surface area is 145 Å². The van der Waals surface area contributed by atoms with E-state index in [4.69, 9.17) is 5.11 Å². The van der Waals surface area contributed by atoms with Gasteiger partial charge in [-0.05, 0) is 12.3 Å². The van der Waals surface area contributed by atoms with E-state index < -0.39 is 17.9 Å². The molecule has 1 atom stereocenters. The number of rotatable bonds is 7.